The number of carbonyl (C=O) groups excluding carboxylic acids is 2. The number of nitrogens with one attached hydrogen (secondary N) is 2. The van der Waals surface area contributed by atoms with Crippen molar-refractivity contribution in [3.8, 4) is 11.3 Å². The van der Waals surface area contributed by atoms with Gasteiger partial charge in [-0.05, 0) is 7.05 Å². The normalized spacial score (nSPS) is 18.3. The first-order valence-corrected chi connectivity index (χ1v) is 7.42. The van der Waals surface area contributed by atoms with E-state index < -0.39 is 11.6 Å². The number of fused-ring (bicyclic) bond motifs is 3. The van der Waals surface area contributed by atoms with Gasteiger partial charge in [-0.25, -0.2) is 9.97 Å². The summed E-state index contributed by atoms with van der Waals surface area (Å²) in [6.45, 7) is 3.72. The van der Waals surface area contributed by atoms with Crippen molar-refractivity contribution in [1.82, 2.24) is 9.88 Å². The maximum Gasteiger partial charge on any atom is 0.356 e. The Labute approximate surface area is 127 Å². The van der Waals surface area contributed by atoms with Crippen molar-refractivity contribution >= 4 is 17.5 Å². The maximum atomic E-state index is 12.3. The first kappa shape index (κ1) is 13.2. The lowest BCUT2D eigenvalue weighted by Gasteiger charge is -2.27. The van der Waals surface area contributed by atoms with Crippen LogP contribution in [0.5, 0.6) is 0 Å². The number of hydrogen-bond acceptors (Lipinski definition) is 4. The second-order valence-electron chi connectivity index (χ2n) is 5.84. The molecule has 0 amide bonds. The molecule has 2 N–H and O–H groups in total. The number of imidazole rings is 1. The van der Waals surface area contributed by atoms with Crippen LogP contribution in [0.1, 0.15) is 20.8 Å². The van der Waals surface area contributed by atoms with E-state index in [0.29, 0.717) is 17.0 Å². The number of likely N-dealkylation sites (N-methyl/N-ethyl adjacent to an activating group) is 1. The number of ketones is 2. The summed E-state index contributed by atoms with van der Waals surface area (Å²) >= 11 is 0. The molecule has 22 heavy (non-hydrogen) atoms. The summed E-state index contributed by atoms with van der Waals surface area (Å²) in [6.07, 6.45) is 0. The summed E-state index contributed by atoms with van der Waals surface area (Å²) in [5.74, 6) is -0.107. The van der Waals surface area contributed by atoms with E-state index in [9.17, 15) is 9.59 Å². The number of anilines is 1. The van der Waals surface area contributed by atoms with Crippen LogP contribution < -0.4 is 9.88 Å². The third-order valence-electron chi connectivity index (χ3n) is 4.43. The molecular formula is C16H17N4O2+. The van der Waals surface area contributed by atoms with Crippen molar-refractivity contribution in [3.05, 3.63) is 35.5 Å². The van der Waals surface area contributed by atoms with Crippen molar-refractivity contribution in [2.45, 2.75) is 0 Å². The molecule has 6 nitrogen and oxygen atoms in total. The van der Waals surface area contributed by atoms with Crippen LogP contribution in [0.2, 0.25) is 0 Å². The van der Waals surface area contributed by atoms with Gasteiger partial charge in [0.05, 0.1) is 13.1 Å². The zero-order valence-corrected chi connectivity index (χ0v) is 12.3. The number of benzene rings is 1. The largest absolute Gasteiger partial charge is 0.356 e. The van der Waals surface area contributed by atoms with Gasteiger partial charge in [0.1, 0.15) is 0 Å². The molecule has 0 saturated carbocycles. The lowest BCUT2D eigenvalue weighted by Crippen LogP contribution is -2.46. The molecule has 6 heteroatoms. The fourth-order valence-corrected chi connectivity index (χ4v) is 3.09. The van der Waals surface area contributed by atoms with Crippen molar-refractivity contribution in [2.24, 2.45) is 0 Å². The van der Waals surface area contributed by atoms with Gasteiger partial charge in [0.15, 0.2) is 11.4 Å². The third kappa shape index (κ3) is 1.88. The van der Waals surface area contributed by atoms with Crippen LogP contribution in [0.4, 0.5) is 5.95 Å². The first-order valence-electron chi connectivity index (χ1n) is 7.42. The van der Waals surface area contributed by atoms with E-state index in [-0.39, 0.29) is 0 Å². The highest BCUT2D eigenvalue weighted by atomic mass is 16.2. The van der Waals surface area contributed by atoms with Crippen LogP contribution in [0, 0.1) is 0 Å². The molecule has 1 fully saturated rings. The number of H-pyrrole nitrogens is 2. The van der Waals surface area contributed by atoms with Gasteiger partial charge in [-0.1, -0.05) is 24.3 Å². The highest BCUT2D eigenvalue weighted by Gasteiger charge is 2.37. The first-order chi connectivity index (χ1) is 10.6. The monoisotopic (exact) mass is 297 g/mol. The smallest absolute Gasteiger partial charge is 0.300 e. The van der Waals surface area contributed by atoms with Gasteiger partial charge >= 0.3 is 5.95 Å². The number of nitrogens with zero attached hydrogens (tertiary/aromatic N) is 2. The van der Waals surface area contributed by atoms with Gasteiger partial charge in [-0.3, -0.25) is 14.5 Å². The summed E-state index contributed by atoms with van der Waals surface area (Å²) in [7, 11) is 2.10. The molecule has 1 aliphatic heterocycles. The summed E-state index contributed by atoms with van der Waals surface area (Å²) in [6, 6.07) is 7.23. The van der Waals surface area contributed by atoms with Crippen molar-refractivity contribution in [1.29, 1.82) is 0 Å². The molecule has 1 aromatic heterocycles. The summed E-state index contributed by atoms with van der Waals surface area (Å²) < 4.78 is 0. The summed E-state index contributed by atoms with van der Waals surface area (Å²) in [5, 5.41) is 0. The molecule has 4 rings (SSSR count). The van der Waals surface area contributed by atoms with Gasteiger partial charge in [0.25, 0.3) is 5.78 Å². The zero-order chi connectivity index (χ0) is 15.3. The highest BCUT2D eigenvalue weighted by molar-refractivity contribution is 6.52. The van der Waals surface area contributed by atoms with Gasteiger partial charge in [0, 0.05) is 24.2 Å². The Morgan fingerprint density at radius 2 is 1.68 bits per heavy atom. The Morgan fingerprint density at radius 1 is 1.00 bits per heavy atom. The Hall–Kier alpha value is -2.47. The van der Waals surface area contributed by atoms with E-state index in [4.69, 9.17) is 0 Å². The molecular weight excluding hydrogens is 280 g/mol. The minimum atomic E-state index is -0.467. The average Bonchev–Trinajstić information content (AvgIpc) is 2.99. The average molecular weight is 297 g/mol. The Balaban J connectivity index is 1.78. The number of aromatic nitrogens is 2. The minimum Gasteiger partial charge on any atom is -0.300 e. The predicted molar refractivity (Wildman–Crippen MR) is 81.2 cm³/mol. The van der Waals surface area contributed by atoms with Crippen LogP contribution in [-0.2, 0) is 0 Å². The zero-order valence-electron chi connectivity index (χ0n) is 12.3. The lowest BCUT2D eigenvalue weighted by molar-refractivity contribution is -0.349. The van der Waals surface area contributed by atoms with E-state index in [1.54, 1.807) is 12.1 Å². The van der Waals surface area contributed by atoms with Crippen LogP contribution >= 0.6 is 0 Å². The standard InChI is InChI=1S/C16H16N4O2/c1-19-6-8-20(9-7-19)16-17-12-10-4-2-3-5-11(10)14(21)15(22)13(12)18-16/h2-5H,6-9H2,1H3,(H,17,18)/p+1. The van der Waals surface area contributed by atoms with Gasteiger partial charge in [-0.15, -0.1) is 0 Å². The molecule has 2 heterocycles. The number of rotatable bonds is 1. The van der Waals surface area contributed by atoms with E-state index >= 15 is 0 Å². The van der Waals surface area contributed by atoms with Crippen LogP contribution in [0.3, 0.4) is 0 Å². The molecule has 1 saturated heterocycles. The molecule has 1 aliphatic carbocycles. The fraction of sp³-hybridized carbons (Fsp3) is 0.312. The summed E-state index contributed by atoms with van der Waals surface area (Å²) in [4.78, 5) is 35.4. The Morgan fingerprint density at radius 3 is 2.41 bits per heavy atom. The van der Waals surface area contributed by atoms with Crippen LogP contribution in [0.15, 0.2) is 24.3 Å². The second-order valence-corrected chi connectivity index (χ2v) is 5.84. The topological polar surface area (TPSA) is 70.5 Å². The Bertz CT molecular complexity index is 772. The van der Waals surface area contributed by atoms with Gasteiger partial charge in [0.2, 0.25) is 5.78 Å². The highest BCUT2D eigenvalue weighted by Crippen LogP contribution is 2.30. The molecule has 0 unspecified atom stereocenters. The molecule has 112 valence electrons. The lowest BCUT2D eigenvalue weighted by atomic mass is 9.90. The maximum absolute atomic E-state index is 12.3. The van der Waals surface area contributed by atoms with Crippen molar-refractivity contribution in [3.63, 3.8) is 0 Å². The summed E-state index contributed by atoms with van der Waals surface area (Å²) in [5.41, 5.74) is 2.35. The number of hydrogen-bond donors (Lipinski definition) is 1. The van der Waals surface area contributed by atoms with Crippen molar-refractivity contribution < 1.29 is 14.6 Å². The molecule has 0 spiro atoms. The second kappa shape index (κ2) is 4.78. The van der Waals surface area contributed by atoms with Gasteiger partial charge in [-0.2, -0.15) is 0 Å². The van der Waals surface area contributed by atoms with E-state index in [1.165, 1.54) is 0 Å². The molecule has 2 aromatic rings. The van der Waals surface area contributed by atoms with E-state index in [1.807, 2.05) is 12.1 Å². The Kier molecular flexibility index (Phi) is 2.87. The SMILES string of the molecule is CN1CCN(c2[nH]c3c([nH+]2)-c2ccccc2C(=O)C3=O)CC1. The molecule has 0 radical (unpaired) electrons. The number of carbonyl (C=O) groups is 2. The minimum absolute atomic E-state index is 0.373. The molecule has 0 bridgehead atoms. The van der Waals surface area contributed by atoms with E-state index in [0.717, 1.165) is 37.7 Å². The number of Topliss-reactive ketones (excluding diaryl/α,β-unsaturated/α-hetero) is 2. The third-order valence-corrected chi connectivity index (χ3v) is 4.43. The van der Waals surface area contributed by atoms with Crippen LogP contribution in [0.25, 0.3) is 11.3 Å². The number of piperazine rings is 1. The van der Waals surface area contributed by atoms with Gasteiger partial charge < -0.3 is 4.90 Å². The molecule has 2 aliphatic rings. The molecule has 0 atom stereocenters. The predicted octanol–water partition coefficient (Wildman–Crippen LogP) is 0.627. The number of aromatic amines is 2. The fourth-order valence-electron chi connectivity index (χ4n) is 3.09. The quantitative estimate of drug-likeness (QED) is 0.784. The molecule has 1 aromatic carbocycles. The van der Waals surface area contributed by atoms with Crippen LogP contribution in [-0.4, -0.2) is 54.7 Å². The van der Waals surface area contributed by atoms with E-state index in [2.05, 4.69) is 26.8 Å². The van der Waals surface area contributed by atoms with Crippen molar-refractivity contribution in [2.75, 3.05) is 38.1 Å².